The fourth-order valence-corrected chi connectivity index (χ4v) is 1.81. The number of nitrogens with zero attached hydrogens (tertiary/aromatic N) is 2. The van der Waals surface area contributed by atoms with Crippen molar-refractivity contribution in [1.82, 2.24) is 14.8 Å². The van der Waals surface area contributed by atoms with Crippen molar-refractivity contribution in [3.8, 4) is 5.75 Å². The van der Waals surface area contributed by atoms with Crippen LogP contribution in [0.1, 0.15) is 24.4 Å². The number of aromatic amines is 1. The van der Waals surface area contributed by atoms with E-state index in [0.717, 1.165) is 11.6 Å². The van der Waals surface area contributed by atoms with Gasteiger partial charge in [-0.1, -0.05) is 12.1 Å². The van der Waals surface area contributed by atoms with Gasteiger partial charge in [0, 0.05) is 7.05 Å². The number of aromatic nitrogens is 3. The molecule has 2 aromatic rings. The van der Waals surface area contributed by atoms with Crippen molar-refractivity contribution in [3.05, 3.63) is 40.4 Å². The fourth-order valence-electron chi connectivity index (χ4n) is 1.67. The second kappa shape index (κ2) is 4.71. The molecule has 2 rings (SSSR count). The Labute approximate surface area is 105 Å². The summed E-state index contributed by atoms with van der Waals surface area (Å²) < 4.78 is 8.24. The summed E-state index contributed by atoms with van der Waals surface area (Å²) >= 11 is 5.07. The standard InChI is InChI=1S/C12H15N3OS/c1-8-5-4-6-10(7-8)16-9(2)11-13-14-12(17)15(11)3/h4-7,9H,1-3H3,(H,14,17). The molecular formula is C12H15N3OS. The van der Waals surface area contributed by atoms with Gasteiger partial charge in [-0.05, 0) is 43.8 Å². The van der Waals surface area contributed by atoms with Crippen LogP contribution in [0.2, 0.25) is 0 Å². The molecule has 0 aliphatic rings. The lowest BCUT2D eigenvalue weighted by Crippen LogP contribution is -2.09. The van der Waals surface area contributed by atoms with Crippen LogP contribution in [0.4, 0.5) is 0 Å². The van der Waals surface area contributed by atoms with E-state index in [-0.39, 0.29) is 6.10 Å². The van der Waals surface area contributed by atoms with E-state index in [1.165, 1.54) is 5.56 Å². The topological polar surface area (TPSA) is 42.8 Å². The normalized spacial score (nSPS) is 12.4. The quantitative estimate of drug-likeness (QED) is 0.850. The third-order valence-corrected chi connectivity index (χ3v) is 2.95. The first-order chi connectivity index (χ1) is 8.08. The predicted molar refractivity (Wildman–Crippen MR) is 68.6 cm³/mol. The van der Waals surface area contributed by atoms with Gasteiger partial charge in [0.05, 0.1) is 0 Å². The minimum absolute atomic E-state index is 0.144. The monoisotopic (exact) mass is 249 g/mol. The lowest BCUT2D eigenvalue weighted by molar-refractivity contribution is 0.212. The first-order valence-electron chi connectivity index (χ1n) is 5.42. The summed E-state index contributed by atoms with van der Waals surface area (Å²) in [4.78, 5) is 0. The Bertz CT molecular complexity index is 573. The molecule has 17 heavy (non-hydrogen) atoms. The zero-order valence-corrected chi connectivity index (χ0v) is 10.9. The fraction of sp³-hybridized carbons (Fsp3) is 0.333. The molecule has 5 heteroatoms. The number of aryl methyl sites for hydroxylation is 1. The molecule has 1 unspecified atom stereocenters. The highest BCUT2D eigenvalue weighted by Crippen LogP contribution is 2.20. The molecule has 4 nitrogen and oxygen atoms in total. The third-order valence-electron chi connectivity index (χ3n) is 2.58. The van der Waals surface area contributed by atoms with Gasteiger partial charge in [0.15, 0.2) is 16.7 Å². The average molecular weight is 249 g/mol. The van der Waals surface area contributed by atoms with Gasteiger partial charge in [-0.3, -0.25) is 5.10 Å². The Balaban J connectivity index is 2.20. The molecule has 0 aliphatic carbocycles. The molecule has 0 aliphatic heterocycles. The van der Waals surface area contributed by atoms with E-state index in [1.54, 1.807) is 0 Å². The first-order valence-corrected chi connectivity index (χ1v) is 5.83. The SMILES string of the molecule is Cc1cccc(OC(C)c2n[nH]c(=S)n2C)c1. The number of H-pyrrole nitrogens is 1. The maximum atomic E-state index is 5.83. The van der Waals surface area contributed by atoms with Gasteiger partial charge in [0.25, 0.3) is 0 Å². The van der Waals surface area contributed by atoms with Crippen molar-refractivity contribution in [2.75, 3.05) is 0 Å². The van der Waals surface area contributed by atoms with Crippen molar-refractivity contribution < 1.29 is 4.74 Å². The number of rotatable bonds is 3. The summed E-state index contributed by atoms with van der Waals surface area (Å²) in [5.41, 5.74) is 1.17. The van der Waals surface area contributed by atoms with Crippen LogP contribution in [-0.2, 0) is 7.05 Å². The maximum absolute atomic E-state index is 5.83. The third kappa shape index (κ3) is 2.55. The number of hydrogen-bond acceptors (Lipinski definition) is 3. The predicted octanol–water partition coefficient (Wildman–Crippen LogP) is 2.93. The summed E-state index contributed by atoms with van der Waals surface area (Å²) in [5.74, 6) is 1.63. The zero-order valence-electron chi connectivity index (χ0n) is 10.1. The molecule has 1 heterocycles. The molecule has 0 fully saturated rings. The molecule has 1 aromatic carbocycles. The van der Waals surface area contributed by atoms with Crippen LogP contribution in [0.25, 0.3) is 0 Å². The van der Waals surface area contributed by atoms with E-state index in [9.17, 15) is 0 Å². The van der Waals surface area contributed by atoms with Crippen LogP contribution in [0.3, 0.4) is 0 Å². The Morgan fingerprint density at radius 3 is 2.82 bits per heavy atom. The van der Waals surface area contributed by atoms with Crippen molar-refractivity contribution in [1.29, 1.82) is 0 Å². The molecule has 1 aromatic heterocycles. The Hall–Kier alpha value is -1.62. The summed E-state index contributed by atoms with van der Waals surface area (Å²) in [5, 5.41) is 6.91. The van der Waals surface area contributed by atoms with E-state index >= 15 is 0 Å². The smallest absolute Gasteiger partial charge is 0.195 e. The molecule has 0 saturated carbocycles. The van der Waals surface area contributed by atoms with Gasteiger partial charge in [-0.15, -0.1) is 0 Å². The summed E-state index contributed by atoms with van der Waals surface area (Å²) in [6.07, 6.45) is -0.144. The lowest BCUT2D eigenvalue weighted by Gasteiger charge is -2.14. The molecule has 90 valence electrons. The Morgan fingerprint density at radius 2 is 2.24 bits per heavy atom. The Kier molecular flexibility index (Phi) is 3.28. The van der Waals surface area contributed by atoms with Crippen LogP contribution < -0.4 is 4.74 Å². The van der Waals surface area contributed by atoms with Gasteiger partial charge in [-0.25, -0.2) is 0 Å². The highest BCUT2D eigenvalue weighted by Gasteiger charge is 2.13. The highest BCUT2D eigenvalue weighted by atomic mass is 32.1. The van der Waals surface area contributed by atoms with E-state index in [0.29, 0.717) is 4.77 Å². The second-order valence-corrected chi connectivity index (χ2v) is 4.41. The maximum Gasteiger partial charge on any atom is 0.195 e. The van der Waals surface area contributed by atoms with Crippen LogP contribution in [0, 0.1) is 11.7 Å². The van der Waals surface area contributed by atoms with Gasteiger partial charge >= 0.3 is 0 Å². The van der Waals surface area contributed by atoms with Crippen molar-refractivity contribution in [2.24, 2.45) is 7.05 Å². The van der Waals surface area contributed by atoms with Crippen molar-refractivity contribution >= 4 is 12.2 Å². The number of nitrogens with one attached hydrogen (secondary N) is 1. The number of hydrogen-bond donors (Lipinski definition) is 1. The minimum Gasteiger partial charge on any atom is -0.483 e. The average Bonchev–Trinajstić information content (AvgIpc) is 2.60. The second-order valence-electron chi connectivity index (χ2n) is 4.02. The van der Waals surface area contributed by atoms with Crippen LogP contribution in [0.15, 0.2) is 24.3 Å². The summed E-state index contributed by atoms with van der Waals surface area (Å²) in [6.45, 7) is 3.99. The molecule has 1 N–H and O–H groups in total. The summed E-state index contributed by atoms with van der Waals surface area (Å²) in [7, 11) is 1.87. The van der Waals surface area contributed by atoms with Gasteiger partial charge < -0.3 is 9.30 Å². The van der Waals surface area contributed by atoms with Crippen molar-refractivity contribution in [2.45, 2.75) is 20.0 Å². The molecular weight excluding hydrogens is 234 g/mol. The molecule has 0 saturated heterocycles. The molecule has 0 bridgehead atoms. The minimum atomic E-state index is -0.144. The zero-order chi connectivity index (χ0) is 12.4. The van der Waals surface area contributed by atoms with Gasteiger partial charge in [0.2, 0.25) is 0 Å². The van der Waals surface area contributed by atoms with Crippen LogP contribution >= 0.6 is 12.2 Å². The molecule has 1 atom stereocenters. The first kappa shape index (κ1) is 11.9. The van der Waals surface area contributed by atoms with E-state index in [1.807, 2.05) is 49.7 Å². The van der Waals surface area contributed by atoms with Gasteiger partial charge in [-0.2, -0.15) is 5.10 Å². The highest BCUT2D eigenvalue weighted by molar-refractivity contribution is 7.71. The molecule has 0 radical (unpaired) electrons. The number of benzene rings is 1. The van der Waals surface area contributed by atoms with Crippen LogP contribution in [-0.4, -0.2) is 14.8 Å². The van der Waals surface area contributed by atoms with Crippen molar-refractivity contribution in [3.63, 3.8) is 0 Å². The van der Waals surface area contributed by atoms with E-state index in [2.05, 4.69) is 10.2 Å². The lowest BCUT2D eigenvalue weighted by atomic mass is 10.2. The van der Waals surface area contributed by atoms with E-state index < -0.39 is 0 Å². The molecule has 0 amide bonds. The number of ether oxygens (including phenoxy) is 1. The van der Waals surface area contributed by atoms with Crippen LogP contribution in [0.5, 0.6) is 5.75 Å². The molecule has 0 spiro atoms. The Morgan fingerprint density at radius 1 is 1.47 bits per heavy atom. The largest absolute Gasteiger partial charge is 0.483 e. The summed E-state index contributed by atoms with van der Waals surface area (Å²) in [6, 6.07) is 7.94. The van der Waals surface area contributed by atoms with Gasteiger partial charge in [0.1, 0.15) is 5.75 Å². The van der Waals surface area contributed by atoms with E-state index in [4.69, 9.17) is 17.0 Å².